The van der Waals surface area contributed by atoms with E-state index in [2.05, 4.69) is 24.1 Å². The number of carbonyl (C=O) groups excluding carboxylic acids is 1. The monoisotopic (exact) mass is 282 g/mol. The lowest BCUT2D eigenvalue weighted by Crippen LogP contribution is -2.62. The van der Waals surface area contributed by atoms with Gasteiger partial charge in [-0.15, -0.1) is 0 Å². The number of nitrogens with one attached hydrogen (secondary N) is 1. The number of ether oxygens (including phenoxy) is 1. The van der Waals surface area contributed by atoms with E-state index in [1.165, 1.54) is 32.8 Å². The summed E-state index contributed by atoms with van der Waals surface area (Å²) in [5.74, 6) is 0.386. The average Bonchev–Trinajstić information content (AvgIpc) is 3.31. The second-order valence-electron chi connectivity index (χ2n) is 6.30. The summed E-state index contributed by atoms with van der Waals surface area (Å²) >= 11 is 0. The second kappa shape index (κ2) is 6.90. The van der Waals surface area contributed by atoms with E-state index in [0.29, 0.717) is 12.0 Å². The number of rotatable bonds is 7. The quantitative estimate of drug-likeness (QED) is 0.727. The van der Waals surface area contributed by atoms with Gasteiger partial charge < -0.3 is 10.1 Å². The summed E-state index contributed by atoms with van der Waals surface area (Å²) in [7, 11) is 1.52. The Balaban J connectivity index is 2.15. The minimum atomic E-state index is -0.478. The molecule has 2 rings (SSSR count). The fraction of sp³-hybridized carbons (Fsp3) is 0.938. The van der Waals surface area contributed by atoms with Crippen molar-refractivity contribution in [1.29, 1.82) is 0 Å². The lowest BCUT2D eigenvalue weighted by Gasteiger charge is -2.42. The molecule has 1 N–H and O–H groups in total. The zero-order chi connectivity index (χ0) is 14.6. The molecule has 2 atom stereocenters. The van der Waals surface area contributed by atoms with E-state index in [0.717, 1.165) is 32.5 Å². The predicted molar refractivity (Wildman–Crippen MR) is 80.7 cm³/mol. The Morgan fingerprint density at radius 3 is 2.60 bits per heavy atom. The van der Waals surface area contributed by atoms with Crippen molar-refractivity contribution in [1.82, 2.24) is 10.2 Å². The molecule has 0 aromatic carbocycles. The molecule has 4 heteroatoms. The third kappa shape index (κ3) is 3.17. The number of esters is 1. The summed E-state index contributed by atoms with van der Waals surface area (Å²) in [6, 6.07) is 0.630. The molecular weight excluding hydrogens is 252 g/mol. The average molecular weight is 282 g/mol. The summed E-state index contributed by atoms with van der Waals surface area (Å²) in [5.41, 5.74) is -0.478. The third-order valence-electron chi connectivity index (χ3n) is 4.99. The smallest absolute Gasteiger partial charge is 0.327 e. The summed E-state index contributed by atoms with van der Waals surface area (Å²) in [6.07, 6.45) is 7.31. The van der Waals surface area contributed by atoms with Crippen molar-refractivity contribution in [3.63, 3.8) is 0 Å². The van der Waals surface area contributed by atoms with Gasteiger partial charge in [0.15, 0.2) is 0 Å². The lowest BCUT2D eigenvalue weighted by molar-refractivity contribution is -0.151. The Hall–Kier alpha value is -0.610. The van der Waals surface area contributed by atoms with Gasteiger partial charge in [-0.05, 0) is 51.1 Å². The number of piperidine rings is 1. The molecule has 0 amide bonds. The zero-order valence-electron chi connectivity index (χ0n) is 13.3. The van der Waals surface area contributed by atoms with Crippen LogP contribution in [-0.2, 0) is 9.53 Å². The van der Waals surface area contributed by atoms with Crippen LogP contribution in [0.3, 0.4) is 0 Å². The van der Waals surface area contributed by atoms with Gasteiger partial charge in [0.2, 0.25) is 0 Å². The third-order valence-corrected chi connectivity index (χ3v) is 4.99. The van der Waals surface area contributed by atoms with Crippen LogP contribution < -0.4 is 5.32 Å². The van der Waals surface area contributed by atoms with Crippen molar-refractivity contribution in [2.45, 2.75) is 64.0 Å². The van der Waals surface area contributed by atoms with E-state index in [9.17, 15) is 4.79 Å². The highest BCUT2D eigenvalue weighted by Gasteiger charge is 2.52. The minimum Gasteiger partial charge on any atom is -0.468 e. The number of likely N-dealkylation sites (tertiary alicyclic amines) is 1. The van der Waals surface area contributed by atoms with Crippen LogP contribution in [0.2, 0.25) is 0 Å². The van der Waals surface area contributed by atoms with Crippen LogP contribution in [0.4, 0.5) is 0 Å². The number of hydrogen-bond donors (Lipinski definition) is 1. The molecule has 1 heterocycles. The molecule has 2 unspecified atom stereocenters. The molecular formula is C16H30N2O2. The molecule has 116 valence electrons. The summed E-state index contributed by atoms with van der Waals surface area (Å²) in [5, 5.41) is 3.48. The highest BCUT2D eigenvalue weighted by atomic mass is 16.5. The number of methoxy groups -OCH3 is 1. The van der Waals surface area contributed by atoms with Gasteiger partial charge in [0.1, 0.15) is 5.54 Å². The van der Waals surface area contributed by atoms with Crippen molar-refractivity contribution in [3.8, 4) is 0 Å². The Kier molecular flexibility index (Phi) is 5.44. The van der Waals surface area contributed by atoms with Gasteiger partial charge in [-0.2, -0.15) is 0 Å². The van der Waals surface area contributed by atoms with Crippen LogP contribution in [0.5, 0.6) is 0 Å². The van der Waals surface area contributed by atoms with Gasteiger partial charge >= 0.3 is 5.97 Å². The first kappa shape index (κ1) is 15.8. The number of likely N-dealkylation sites (N-methyl/N-ethyl adjacent to an activating group) is 1. The maximum atomic E-state index is 12.5. The molecule has 4 nitrogen and oxygen atoms in total. The molecule has 1 aliphatic heterocycles. The van der Waals surface area contributed by atoms with Gasteiger partial charge in [0.25, 0.3) is 0 Å². The molecule has 20 heavy (non-hydrogen) atoms. The lowest BCUT2D eigenvalue weighted by atomic mass is 9.89. The Morgan fingerprint density at radius 1 is 1.30 bits per heavy atom. The fourth-order valence-electron chi connectivity index (χ4n) is 3.76. The molecule has 2 fully saturated rings. The van der Waals surface area contributed by atoms with E-state index < -0.39 is 5.54 Å². The molecule has 0 aromatic rings. The summed E-state index contributed by atoms with van der Waals surface area (Å²) in [4.78, 5) is 15.0. The highest BCUT2D eigenvalue weighted by molar-refractivity contribution is 5.82. The molecule has 1 saturated heterocycles. The largest absolute Gasteiger partial charge is 0.468 e. The van der Waals surface area contributed by atoms with Gasteiger partial charge in [-0.3, -0.25) is 4.90 Å². The first-order chi connectivity index (χ1) is 9.67. The summed E-state index contributed by atoms with van der Waals surface area (Å²) < 4.78 is 5.15. The first-order valence-corrected chi connectivity index (χ1v) is 8.25. The van der Waals surface area contributed by atoms with Crippen molar-refractivity contribution in [2.75, 3.05) is 26.7 Å². The van der Waals surface area contributed by atoms with E-state index in [1.807, 2.05) is 0 Å². The molecule has 2 aliphatic rings. The topological polar surface area (TPSA) is 41.6 Å². The Morgan fingerprint density at radius 2 is 2.05 bits per heavy atom. The Bertz CT molecular complexity index is 330. The van der Waals surface area contributed by atoms with Crippen LogP contribution >= 0.6 is 0 Å². The maximum absolute atomic E-state index is 12.5. The number of carbonyl (C=O) groups is 1. The SMILES string of the molecule is CCNC(CN1CCCCC1CC)(C(=O)OC)C1CC1. The zero-order valence-corrected chi connectivity index (χ0v) is 13.3. The van der Waals surface area contributed by atoms with E-state index in [1.54, 1.807) is 0 Å². The van der Waals surface area contributed by atoms with Gasteiger partial charge in [-0.1, -0.05) is 20.3 Å². The van der Waals surface area contributed by atoms with E-state index in [4.69, 9.17) is 4.74 Å². The second-order valence-corrected chi connectivity index (χ2v) is 6.30. The molecule has 0 bridgehead atoms. The van der Waals surface area contributed by atoms with Gasteiger partial charge in [-0.25, -0.2) is 4.79 Å². The molecule has 0 aromatic heterocycles. The van der Waals surface area contributed by atoms with Crippen molar-refractivity contribution in [3.05, 3.63) is 0 Å². The van der Waals surface area contributed by atoms with Crippen molar-refractivity contribution in [2.24, 2.45) is 5.92 Å². The van der Waals surface area contributed by atoms with E-state index in [-0.39, 0.29) is 5.97 Å². The molecule has 0 radical (unpaired) electrons. The highest BCUT2D eigenvalue weighted by Crippen LogP contribution is 2.41. The predicted octanol–water partition coefficient (Wildman–Crippen LogP) is 2.18. The Labute approximate surface area is 123 Å². The summed E-state index contributed by atoms with van der Waals surface area (Å²) in [6.45, 7) is 7.09. The molecule has 1 saturated carbocycles. The molecule has 0 spiro atoms. The standard InChI is InChI=1S/C16H30N2O2/c1-4-14-8-6-7-11-18(14)12-16(17-5-2,13-9-10-13)15(19)20-3/h13-14,17H,4-12H2,1-3H3. The molecule has 1 aliphatic carbocycles. The minimum absolute atomic E-state index is 0.0673. The van der Waals surface area contributed by atoms with Gasteiger partial charge in [0, 0.05) is 12.6 Å². The van der Waals surface area contributed by atoms with Crippen LogP contribution in [0.15, 0.2) is 0 Å². The maximum Gasteiger partial charge on any atom is 0.327 e. The number of nitrogens with zero attached hydrogens (tertiary/aromatic N) is 1. The van der Waals surface area contributed by atoms with Gasteiger partial charge in [0.05, 0.1) is 7.11 Å². The van der Waals surface area contributed by atoms with Crippen LogP contribution in [0.1, 0.15) is 52.4 Å². The van der Waals surface area contributed by atoms with Crippen LogP contribution in [0.25, 0.3) is 0 Å². The fourth-order valence-corrected chi connectivity index (χ4v) is 3.76. The normalized spacial score (nSPS) is 27.1. The van der Waals surface area contributed by atoms with Crippen LogP contribution in [0, 0.1) is 5.92 Å². The number of hydrogen-bond acceptors (Lipinski definition) is 4. The first-order valence-electron chi connectivity index (χ1n) is 8.25. The van der Waals surface area contributed by atoms with Crippen molar-refractivity contribution >= 4 is 5.97 Å². The van der Waals surface area contributed by atoms with Crippen LogP contribution in [-0.4, -0.2) is 49.2 Å². The van der Waals surface area contributed by atoms with E-state index >= 15 is 0 Å². The van der Waals surface area contributed by atoms with Crippen molar-refractivity contribution < 1.29 is 9.53 Å².